The molecule has 0 aromatic heterocycles. The lowest BCUT2D eigenvalue weighted by atomic mass is 10.1. The Morgan fingerprint density at radius 2 is 1.71 bits per heavy atom. The summed E-state index contributed by atoms with van der Waals surface area (Å²) in [7, 11) is -3.42. The van der Waals surface area contributed by atoms with E-state index in [1.54, 1.807) is 36.4 Å². The minimum absolute atomic E-state index is 0.0885. The van der Waals surface area contributed by atoms with Crippen molar-refractivity contribution in [1.29, 1.82) is 0 Å². The van der Waals surface area contributed by atoms with Crippen molar-refractivity contribution in [3.05, 3.63) is 70.2 Å². The highest BCUT2D eigenvalue weighted by Crippen LogP contribution is 2.24. The van der Waals surface area contributed by atoms with Gasteiger partial charge in [-0.2, -0.15) is 0 Å². The first kappa shape index (κ1) is 16.0. The zero-order valence-corrected chi connectivity index (χ0v) is 13.2. The minimum atomic E-state index is -3.42. The molecule has 2 rings (SSSR count). The third-order valence-electron chi connectivity index (χ3n) is 3.18. The summed E-state index contributed by atoms with van der Waals surface area (Å²) in [5.41, 5.74) is 2.23. The number of hydrogen-bond acceptors (Lipinski definition) is 3. The molecule has 5 heteroatoms. The van der Waals surface area contributed by atoms with Crippen LogP contribution >= 0.6 is 11.6 Å². The smallest absolute Gasteiger partial charge is 0.157 e. The first-order chi connectivity index (χ1) is 9.87. The molecule has 1 N–H and O–H groups in total. The van der Waals surface area contributed by atoms with Gasteiger partial charge < -0.3 is 5.11 Å². The second-order valence-electron chi connectivity index (χ2n) is 5.08. The number of sulfone groups is 1. The molecular formula is C16H17ClO3S. The molecule has 2 aromatic rings. The predicted molar refractivity (Wildman–Crippen MR) is 85.1 cm³/mol. The molecule has 0 aliphatic heterocycles. The number of aliphatic hydroxyl groups is 1. The Bertz CT molecular complexity index is 709. The topological polar surface area (TPSA) is 54.4 Å². The van der Waals surface area contributed by atoms with E-state index in [2.05, 4.69) is 0 Å². The van der Waals surface area contributed by atoms with Gasteiger partial charge in [0.25, 0.3) is 0 Å². The van der Waals surface area contributed by atoms with Crippen molar-refractivity contribution in [3.8, 4) is 0 Å². The Kier molecular flexibility index (Phi) is 5.04. The monoisotopic (exact) mass is 324 g/mol. The van der Waals surface area contributed by atoms with Crippen LogP contribution in [0.2, 0.25) is 5.02 Å². The van der Waals surface area contributed by atoms with Crippen LogP contribution in [-0.4, -0.2) is 19.3 Å². The molecule has 0 fully saturated rings. The number of hydrogen-bond donors (Lipinski definition) is 1. The molecule has 112 valence electrons. The lowest BCUT2D eigenvalue weighted by molar-refractivity contribution is 0.201. The number of benzene rings is 2. The molecule has 0 spiro atoms. The Labute approximate surface area is 130 Å². The predicted octanol–water partition coefficient (Wildman–Crippen LogP) is 3.30. The van der Waals surface area contributed by atoms with E-state index >= 15 is 0 Å². The van der Waals surface area contributed by atoms with E-state index in [0.717, 1.165) is 5.56 Å². The van der Waals surface area contributed by atoms with Gasteiger partial charge in [0, 0.05) is 10.6 Å². The molecule has 21 heavy (non-hydrogen) atoms. The summed E-state index contributed by atoms with van der Waals surface area (Å²) in [6, 6.07) is 14.0. The van der Waals surface area contributed by atoms with Crippen LogP contribution in [0, 0.1) is 6.92 Å². The van der Waals surface area contributed by atoms with Gasteiger partial charge in [-0.1, -0.05) is 59.6 Å². The maximum absolute atomic E-state index is 12.2. The van der Waals surface area contributed by atoms with Gasteiger partial charge in [-0.15, -0.1) is 0 Å². The normalized spacial score (nSPS) is 13.1. The highest BCUT2D eigenvalue weighted by molar-refractivity contribution is 7.90. The standard InChI is InChI=1S/C16H17ClO3S/c1-12-6-8-13(9-7-12)10-21(19,20)11-16(18)14-4-2-3-5-15(14)17/h2-9,16,18H,10-11H2,1H3. The van der Waals surface area contributed by atoms with Gasteiger partial charge in [-0.25, -0.2) is 8.42 Å². The lowest BCUT2D eigenvalue weighted by Crippen LogP contribution is -2.16. The van der Waals surface area contributed by atoms with Crippen LogP contribution in [0.5, 0.6) is 0 Å². The third kappa shape index (κ3) is 4.56. The molecule has 0 radical (unpaired) electrons. The van der Waals surface area contributed by atoms with Gasteiger partial charge in [0.15, 0.2) is 9.84 Å². The molecule has 2 aromatic carbocycles. The minimum Gasteiger partial charge on any atom is -0.387 e. The first-order valence-electron chi connectivity index (χ1n) is 6.56. The van der Waals surface area contributed by atoms with Crippen LogP contribution in [-0.2, 0) is 15.6 Å². The van der Waals surface area contributed by atoms with E-state index in [1.165, 1.54) is 0 Å². The Hall–Kier alpha value is -1.36. The summed E-state index contributed by atoms with van der Waals surface area (Å²) in [6.07, 6.45) is -1.12. The Morgan fingerprint density at radius 3 is 2.33 bits per heavy atom. The van der Waals surface area contributed by atoms with E-state index in [1.807, 2.05) is 19.1 Å². The zero-order valence-electron chi connectivity index (χ0n) is 11.7. The lowest BCUT2D eigenvalue weighted by Gasteiger charge is -2.13. The van der Waals surface area contributed by atoms with E-state index in [9.17, 15) is 13.5 Å². The fourth-order valence-corrected chi connectivity index (χ4v) is 3.81. The molecule has 3 nitrogen and oxygen atoms in total. The Balaban J connectivity index is 2.10. The summed E-state index contributed by atoms with van der Waals surface area (Å²) >= 11 is 5.97. The summed E-state index contributed by atoms with van der Waals surface area (Å²) < 4.78 is 24.4. The van der Waals surface area contributed by atoms with Crippen LogP contribution in [0.25, 0.3) is 0 Å². The largest absolute Gasteiger partial charge is 0.387 e. The molecule has 0 bridgehead atoms. The number of halogens is 1. The van der Waals surface area contributed by atoms with Gasteiger partial charge in [0.1, 0.15) is 0 Å². The average Bonchev–Trinajstić information content (AvgIpc) is 2.41. The van der Waals surface area contributed by atoms with Crippen molar-refractivity contribution in [2.24, 2.45) is 0 Å². The van der Waals surface area contributed by atoms with Crippen molar-refractivity contribution < 1.29 is 13.5 Å². The highest BCUT2D eigenvalue weighted by atomic mass is 35.5. The molecule has 0 aliphatic carbocycles. The van der Waals surface area contributed by atoms with Crippen molar-refractivity contribution >= 4 is 21.4 Å². The van der Waals surface area contributed by atoms with Crippen molar-refractivity contribution in [1.82, 2.24) is 0 Å². The second-order valence-corrected chi connectivity index (χ2v) is 7.59. The van der Waals surface area contributed by atoms with Gasteiger partial charge in [0.05, 0.1) is 17.6 Å². The van der Waals surface area contributed by atoms with Crippen LogP contribution in [0.3, 0.4) is 0 Å². The molecule has 0 amide bonds. The number of aryl methyl sites for hydroxylation is 1. The number of aliphatic hydroxyl groups excluding tert-OH is 1. The summed E-state index contributed by atoms with van der Waals surface area (Å²) in [5.74, 6) is -0.431. The van der Waals surface area contributed by atoms with E-state index in [-0.39, 0.29) is 11.5 Å². The van der Waals surface area contributed by atoms with Crippen LogP contribution in [0.15, 0.2) is 48.5 Å². The van der Waals surface area contributed by atoms with Crippen LogP contribution in [0.1, 0.15) is 22.8 Å². The molecule has 0 saturated heterocycles. The van der Waals surface area contributed by atoms with Gasteiger partial charge in [-0.05, 0) is 18.6 Å². The maximum Gasteiger partial charge on any atom is 0.157 e. The molecule has 0 saturated carbocycles. The van der Waals surface area contributed by atoms with Gasteiger partial charge >= 0.3 is 0 Å². The van der Waals surface area contributed by atoms with Crippen molar-refractivity contribution in [2.75, 3.05) is 5.75 Å². The average molecular weight is 325 g/mol. The number of rotatable bonds is 5. The van der Waals surface area contributed by atoms with Crippen LogP contribution in [0.4, 0.5) is 0 Å². The van der Waals surface area contributed by atoms with E-state index in [4.69, 9.17) is 11.6 Å². The summed E-state index contributed by atoms with van der Waals surface area (Å²) in [5, 5.41) is 10.5. The second kappa shape index (κ2) is 6.60. The van der Waals surface area contributed by atoms with E-state index in [0.29, 0.717) is 16.1 Å². The summed E-state index contributed by atoms with van der Waals surface area (Å²) in [4.78, 5) is 0. The summed E-state index contributed by atoms with van der Waals surface area (Å²) in [6.45, 7) is 1.94. The van der Waals surface area contributed by atoms with Gasteiger partial charge in [-0.3, -0.25) is 0 Å². The molecular weight excluding hydrogens is 308 g/mol. The quantitative estimate of drug-likeness (QED) is 0.918. The molecule has 1 unspecified atom stereocenters. The first-order valence-corrected chi connectivity index (χ1v) is 8.76. The SMILES string of the molecule is Cc1ccc(CS(=O)(=O)CC(O)c2ccccc2Cl)cc1. The van der Waals surface area contributed by atoms with E-state index < -0.39 is 15.9 Å². The molecule has 0 heterocycles. The van der Waals surface area contributed by atoms with Crippen LogP contribution < -0.4 is 0 Å². The fraction of sp³-hybridized carbons (Fsp3) is 0.250. The highest BCUT2D eigenvalue weighted by Gasteiger charge is 2.20. The molecule has 0 aliphatic rings. The van der Waals surface area contributed by atoms with Crippen molar-refractivity contribution in [3.63, 3.8) is 0 Å². The Morgan fingerprint density at radius 1 is 1.10 bits per heavy atom. The molecule has 1 atom stereocenters. The maximum atomic E-state index is 12.2. The fourth-order valence-electron chi connectivity index (χ4n) is 2.07. The van der Waals surface area contributed by atoms with Crippen molar-refractivity contribution in [2.45, 2.75) is 18.8 Å². The zero-order chi connectivity index (χ0) is 15.5. The van der Waals surface area contributed by atoms with Gasteiger partial charge in [0.2, 0.25) is 0 Å². The third-order valence-corrected chi connectivity index (χ3v) is 5.12.